The molecule has 2 heterocycles. The number of nitrogens with two attached hydrogens (primary N) is 1. The van der Waals surface area contributed by atoms with Gasteiger partial charge in [0.15, 0.2) is 7.12 Å². The van der Waals surface area contributed by atoms with Gasteiger partial charge in [-0.1, -0.05) is 58.9 Å². The minimum Gasteiger partial charge on any atom is -0.458 e. The van der Waals surface area contributed by atoms with E-state index in [0.29, 0.717) is 6.29 Å². The first-order chi connectivity index (χ1) is 22.5. The molecule has 4 N–H and O–H groups in total. The van der Waals surface area contributed by atoms with Gasteiger partial charge in [-0.25, -0.2) is 9.78 Å². The van der Waals surface area contributed by atoms with Crippen LogP contribution < -0.4 is 15.8 Å². The van der Waals surface area contributed by atoms with E-state index in [2.05, 4.69) is 57.0 Å². The van der Waals surface area contributed by atoms with Crippen LogP contribution in [0.2, 0.25) is 0 Å². The van der Waals surface area contributed by atoms with Gasteiger partial charge in [0.05, 0.1) is 28.2 Å². The van der Waals surface area contributed by atoms with Crippen LogP contribution in [-0.2, 0) is 35.2 Å². The Balaban J connectivity index is 0. The topological polar surface area (TPSA) is 153 Å². The van der Waals surface area contributed by atoms with Crippen molar-refractivity contribution in [2.75, 3.05) is 33.9 Å². The van der Waals surface area contributed by atoms with Crippen LogP contribution in [0.1, 0.15) is 79.5 Å². The van der Waals surface area contributed by atoms with Crippen molar-refractivity contribution in [3.05, 3.63) is 41.0 Å². The number of aryl methyl sites for hydroxylation is 1. The highest BCUT2D eigenvalue weighted by Gasteiger charge is 2.26. The lowest BCUT2D eigenvalue weighted by molar-refractivity contribution is -0.160. The molecule has 0 spiro atoms. The molecule has 1 saturated heterocycles. The Morgan fingerprint density at radius 3 is 2.10 bits per heavy atom. The van der Waals surface area contributed by atoms with Gasteiger partial charge in [0.2, 0.25) is 5.91 Å². The number of carbonyl (C=O) groups is 4. The van der Waals surface area contributed by atoms with Crippen LogP contribution in [-0.4, -0.2) is 93.0 Å². The third-order valence-corrected chi connectivity index (χ3v) is 7.31. The number of carbonyl (C=O) groups excluding carboxylic acids is 4. The molecule has 1 aromatic heterocycles. The second-order valence-electron chi connectivity index (χ2n) is 12.6. The number of hydrogen-bond donors (Lipinski definition) is 3. The smallest absolute Gasteiger partial charge is 0.332 e. The van der Waals surface area contributed by atoms with Crippen LogP contribution in [0.15, 0.2) is 29.8 Å². The molecule has 0 bridgehead atoms. The Labute approximate surface area is 298 Å². The van der Waals surface area contributed by atoms with E-state index in [1.807, 2.05) is 61.1 Å². The van der Waals surface area contributed by atoms with Gasteiger partial charge in [0.1, 0.15) is 31.4 Å². The molecule has 2 atom stereocenters. The van der Waals surface area contributed by atoms with Gasteiger partial charge in [-0.05, 0) is 77.7 Å². The van der Waals surface area contributed by atoms with Gasteiger partial charge in [-0.15, -0.1) is 11.3 Å². The Morgan fingerprint density at radius 2 is 1.73 bits per heavy atom. The van der Waals surface area contributed by atoms with Crippen molar-refractivity contribution < 1.29 is 28.7 Å². The van der Waals surface area contributed by atoms with Crippen LogP contribution in [0, 0.1) is 12.3 Å². The number of ether oxygens (including phenoxy) is 2. The predicted molar refractivity (Wildman–Crippen MR) is 200 cm³/mol. The third-order valence-electron chi connectivity index (χ3n) is 6.34. The van der Waals surface area contributed by atoms with Crippen molar-refractivity contribution in [3.8, 4) is 10.4 Å². The van der Waals surface area contributed by atoms with Crippen molar-refractivity contribution in [2.45, 2.75) is 99.4 Å². The molecule has 3 rings (SSSR count). The van der Waals surface area contributed by atoms with E-state index in [9.17, 15) is 19.2 Å². The van der Waals surface area contributed by atoms with Gasteiger partial charge in [0, 0.05) is 6.54 Å². The molecule has 2 unspecified atom stereocenters. The van der Waals surface area contributed by atoms with Gasteiger partial charge in [-0.3, -0.25) is 14.8 Å². The molecule has 11 nitrogen and oxygen atoms in total. The molecule has 48 heavy (non-hydrogen) atoms. The number of hydrogen-bond acceptors (Lipinski definition) is 12. The van der Waals surface area contributed by atoms with E-state index in [1.165, 1.54) is 22.4 Å². The average Bonchev–Trinajstić information content (AvgIpc) is 3.64. The molecule has 1 aromatic carbocycles. The van der Waals surface area contributed by atoms with Gasteiger partial charge in [0.25, 0.3) is 0 Å². The molecule has 1 aliphatic rings. The van der Waals surface area contributed by atoms with Crippen LogP contribution in [0.4, 0.5) is 0 Å². The predicted octanol–water partition coefficient (Wildman–Crippen LogP) is 4.89. The van der Waals surface area contributed by atoms with Crippen molar-refractivity contribution >= 4 is 54.7 Å². The van der Waals surface area contributed by atoms with E-state index >= 15 is 0 Å². The maximum atomic E-state index is 11.6. The van der Waals surface area contributed by atoms with Crippen molar-refractivity contribution in [1.82, 2.24) is 20.5 Å². The number of thiazole rings is 1. The summed E-state index contributed by atoms with van der Waals surface area (Å²) in [6, 6.07) is 8.26. The SMILES string of the molecule is CC.CC(C)(C)OC(=O)COCC(=O)NC(C=O)C(C)(C)C.CN1CCCC1C=O.CNCc1ccc(-c2scnc2C)cc1.[B]SN. The molecule has 2 aromatic rings. The molecule has 0 aliphatic carbocycles. The summed E-state index contributed by atoms with van der Waals surface area (Å²) < 4.78 is 9.98. The summed E-state index contributed by atoms with van der Waals surface area (Å²) in [6.45, 7) is 18.2. The second kappa shape index (κ2) is 26.3. The largest absolute Gasteiger partial charge is 0.458 e. The number of nitrogens with one attached hydrogen (secondary N) is 2. The molecule has 1 aliphatic heterocycles. The molecular formula is C34H58BN5O6S2. The van der Waals surface area contributed by atoms with E-state index in [1.54, 1.807) is 32.1 Å². The summed E-state index contributed by atoms with van der Waals surface area (Å²) in [4.78, 5) is 51.6. The summed E-state index contributed by atoms with van der Waals surface area (Å²) >= 11 is 2.45. The van der Waals surface area contributed by atoms with E-state index in [4.69, 9.17) is 9.47 Å². The molecule has 1 fully saturated rings. The molecular weight excluding hydrogens is 649 g/mol. The zero-order valence-corrected chi connectivity index (χ0v) is 32.4. The lowest BCUT2D eigenvalue weighted by atomic mass is 9.88. The highest BCUT2D eigenvalue weighted by Crippen LogP contribution is 2.27. The summed E-state index contributed by atoms with van der Waals surface area (Å²) in [6.07, 6.45) is 3.96. The van der Waals surface area contributed by atoms with Gasteiger partial charge in [-0.2, -0.15) is 11.8 Å². The van der Waals surface area contributed by atoms with Crippen LogP contribution in [0.3, 0.4) is 0 Å². The Hall–Kier alpha value is -2.62. The number of benzene rings is 1. The Kier molecular flexibility index (Phi) is 26.0. The minimum absolute atomic E-state index is 0.218. The Bertz CT molecular complexity index is 1170. The lowest BCUT2D eigenvalue weighted by Gasteiger charge is -2.26. The first kappa shape index (κ1) is 47.5. The minimum atomic E-state index is -0.597. The number of esters is 1. The van der Waals surface area contributed by atoms with Crippen LogP contribution in [0.5, 0.6) is 0 Å². The van der Waals surface area contributed by atoms with Gasteiger partial charge < -0.3 is 29.7 Å². The highest BCUT2D eigenvalue weighted by atomic mass is 32.2. The van der Waals surface area contributed by atoms with E-state index < -0.39 is 23.5 Å². The first-order valence-electron chi connectivity index (χ1n) is 15.9. The number of nitrogens with zero attached hydrogens (tertiary/aromatic N) is 2. The molecule has 270 valence electrons. The maximum absolute atomic E-state index is 11.6. The summed E-state index contributed by atoms with van der Waals surface area (Å²) in [5, 5.41) is 10.2. The number of rotatable bonds is 10. The highest BCUT2D eigenvalue weighted by molar-refractivity contribution is 8.17. The molecule has 14 heteroatoms. The Morgan fingerprint density at radius 1 is 1.15 bits per heavy atom. The number of likely N-dealkylation sites (tertiary alicyclic amines) is 1. The van der Waals surface area contributed by atoms with E-state index in [-0.39, 0.29) is 24.7 Å². The fraction of sp³-hybridized carbons (Fsp3) is 0.618. The average molecular weight is 708 g/mol. The monoisotopic (exact) mass is 707 g/mol. The zero-order valence-electron chi connectivity index (χ0n) is 30.8. The van der Waals surface area contributed by atoms with E-state index in [0.717, 1.165) is 43.3 Å². The normalized spacial score (nSPS) is 14.5. The molecule has 2 radical (unpaired) electrons. The maximum Gasteiger partial charge on any atom is 0.332 e. The number of likely N-dealkylation sites (N-methyl/N-ethyl adjacent to an activating group) is 1. The fourth-order valence-electron chi connectivity index (χ4n) is 3.93. The van der Waals surface area contributed by atoms with Crippen molar-refractivity contribution in [2.24, 2.45) is 10.6 Å². The lowest BCUT2D eigenvalue weighted by Crippen LogP contribution is -2.46. The van der Waals surface area contributed by atoms with Crippen LogP contribution in [0.25, 0.3) is 10.4 Å². The first-order valence-corrected chi connectivity index (χ1v) is 17.7. The van der Waals surface area contributed by atoms with Gasteiger partial charge >= 0.3 is 5.97 Å². The summed E-state index contributed by atoms with van der Waals surface area (Å²) in [5.74, 6) is -0.978. The number of aldehydes is 2. The standard InChI is InChI=1S/C14H25NO5.C12H14N2S.C6H11NO.C2H6.BH2NS/c1-13(2,3)10(7-16)15-11(17)8-19-9-12(18)20-14(4,5)6;1-9-12(15-8-14-9)11-5-3-10(4-6-11)7-13-2;1-7-4-2-3-6(7)5-8;1-2;1-3-2/h7,10H,8-9H2,1-6H3,(H,15,17);3-6,8,13H,7H2,1-2H3;5-6H,2-4H2,1H3;1-2H3;2H2. The molecule has 0 saturated carbocycles. The molecule has 1 amide bonds. The summed E-state index contributed by atoms with van der Waals surface area (Å²) in [7, 11) is 8.49. The number of amides is 1. The third kappa shape index (κ3) is 22.1. The quantitative estimate of drug-likeness (QED) is 0.134. The number of aromatic nitrogens is 1. The second-order valence-corrected chi connectivity index (χ2v) is 13.7. The van der Waals surface area contributed by atoms with Crippen molar-refractivity contribution in [1.29, 1.82) is 0 Å². The van der Waals surface area contributed by atoms with Crippen LogP contribution >= 0.6 is 23.1 Å². The summed E-state index contributed by atoms with van der Waals surface area (Å²) in [5.41, 5.74) is 4.62. The fourth-order valence-corrected chi connectivity index (χ4v) is 4.74. The van der Waals surface area contributed by atoms with Crippen molar-refractivity contribution in [3.63, 3.8) is 0 Å². The zero-order chi connectivity index (χ0) is 37.3.